The average molecular weight is 204 g/mol. The van der Waals surface area contributed by atoms with Crippen LogP contribution < -0.4 is 0 Å². The maximum Gasteiger partial charge on any atom is 0.305 e. The van der Waals surface area contributed by atoms with Crippen LogP contribution in [0.3, 0.4) is 0 Å². The molecule has 0 aromatic heterocycles. The molecule has 0 heterocycles. The Morgan fingerprint density at radius 1 is 1.43 bits per heavy atom. The van der Waals surface area contributed by atoms with E-state index in [0.29, 0.717) is 6.61 Å². The zero-order valence-electron chi connectivity index (χ0n) is 8.99. The molecule has 0 aliphatic rings. The molecule has 0 saturated heterocycles. The lowest BCUT2D eigenvalue weighted by atomic mass is 10.3. The zero-order valence-corrected chi connectivity index (χ0v) is 8.99. The highest BCUT2D eigenvalue weighted by molar-refractivity contribution is 5.66. The summed E-state index contributed by atoms with van der Waals surface area (Å²) in [4.78, 5) is 10.2. The number of rotatable bonds is 9. The van der Waals surface area contributed by atoms with E-state index in [1.807, 2.05) is 6.92 Å². The molecular weight excluding hydrogens is 184 g/mol. The maximum atomic E-state index is 10.2. The van der Waals surface area contributed by atoms with Crippen LogP contribution >= 0.6 is 0 Å². The number of hydrogen-bond donors (Lipinski definition) is 1. The van der Waals surface area contributed by atoms with Crippen molar-refractivity contribution < 1.29 is 19.4 Å². The Hall–Kier alpha value is -0.610. The molecule has 0 fully saturated rings. The van der Waals surface area contributed by atoms with Crippen molar-refractivity contribution >= 4 is 5.97 Å². The highest BCUT2D eigenvalue weighted by atomic mass is 16.5. The van der Waals surface area contributed by atoms with Crippen molar-refractivity contribution in [3.05, 3.63) is 0 Å². The Balaban J connectivity index is 3.19. The Bertz CT molecular complexity index is 147. The fourth-order valence-corrected chi connectivity index (χ4v) is 0.891. The van der Waals surface area contributed by atoms with Gasteiger partial charge in [-0.05, 0) is 13.3 Å². The summed E-state index contributed by atoms with van der Waals surface area (Å²) in [7, 11) is 0. The number of carbonyl (C=O) groups is 1. The van der Waals surface area contributed by atoms with Gasteiger partial charge in [0.2, 0.25) is 0 Å². The molecule has 1 atom stereocenters. The summed E-state index contributed by atoms with van der Waals surface area (Å²) in [5.41, 5.74) is 0. The molecule has 1 N–H and O–H groups in total. The van der Waals surface area contributed by atoms with Crippen LogP contribution in [0.25, 0.3) is 0 Å². The van der Waals surface area contributed by atoms with Gasteiger partial charge in [-0.1, -0.05) is 13.3 Å². The SMILES string of the molecule is CCCCOCC(C)OCCC(=O)O. The summed E-state index contributed by atoms with van der Waals surface area (Å²) in [6, 6.07) is 0. The second-order valence-electron chi connectivity index (χ2n) is 3.25. The molecule has 14 heavy (non-hydrogen) atoms. The van der Waals surface area contributed by atoms with Gasteiger partial charge in [0.25, 0.3) is 0 Å². The van der Waals surface area contributed by atoms with Crippen LogP contribution in [-0.2, 0) is 14.3 Å². The van der Waals surface area contributed by atoms with Crippen molar-refractivity contribution in [1.29, 1.82) is 0 Å². The van der Waals surface area contributed by atoms with Crippen LogP contribution in [0.1, 0.15) is 33.1 Å². The molecule has 0 radical (unpaired) electrons. The molecular formula is C10H20O4. The van der Waals surface area contributed by atoms with Gasteiger partial charge in [-0.15, -0.1) is 0 Å². The van der Waals surface area contributed by atoms with Gasteiger partial charge in [0.15, 0.2) is 0 Å². The largest absolute Gasteiger partial charge is 0.481 e. The van der Waals surface area contributed by atoms with E-state index in [0.717, 1.165) is 19.4 Å². The molecule has 84 valence electrons. The average Bonchev–Trinajstić information content (AvgIpc) is 2.12. The lowest BCUT2D eigenvalue weighted by Crippen LogP contribution is -2.18. The van der Waals surface area contributed by atoms with E-state index >= 15 is 0 Å². The summed E-state index contributed by atoms with van der Waals surface area (Å²) >= 11 is 0. The third kappa shape index (κ3) is 9.48. The summed E-state index contributed by atoms with van der Waals surface area (Å²) in [5, 5.41) is 8.36. The molecule has 0 aliphatic carbocycles. The molecule has 0 aromatic carbocycles. The quantitative estimate of drug-likeness (QED) is 0.580. The van der Waals surface area contributed by atoms with E-state index < -0.39 is 5.97 Å². The molecule has 4 nitrogen and oxygen atoms in total. The summed E-state index contributed by atoms with van der Waals surface area (Å²) < 4.78 is 10.5. The molecule has 0 spiro atoms. The Morgan fingerprint density at radius 2 is 2.14 bits per heavy atom. The highest BCUT2D eigenvalue weighted by Gasteiger charge is 2.03. The third-order valence-corrected chi connectivity index (χ3v) is 1.71. The van der Waals surface area contributed by atoms with Crippen LogP contribution in [0.15, 0.2) is 0 Å². The minimum Gasteiger partial charge on any atom is -0.481 e. The van der Waals surface area contributed by atoms with Crippen LogP contribution in [0.4, 0.5) is 0 Å². The Kier molecular flexibility index (Phi) is 8.57. The minimum atomic E-state index is -0.830. The predicted molar refractivity (Wildman–Crippen MR) is 53.4 cm³/mol. The molecule has 1 unspecified atom stereocenters. The van der Waals surface area contributed by atoms with Gasteiger partial charge in [-0.3, -0.25) is 4.79 Å². The number of carboxylic acid groups (broad SMARTS) is 1. The van der Waals surface area contributed by atoms with E-state index in [9.17, 15) is 4.79 Å². The van der Waals surface area contributed by atoms with Crippen LogP contribution in [0.2, 0.25) is 0 Å². The first-order valence-corrected chi connectivity index (χ1v) is 5.08. The second-order valence-corrected chi connectivity index (χ2v) is 3.25. The molecule has 4 heteroatoms. The van der Waals surface area contributed by atoms with Crippen molar-refractivity contribution in [2.24, 2.45) is 0 Å². The van der Waals surface area contributed by atoms with Gasteiger partial charge in [0.1, 0.15) is 0 Å². The Morgan fingerprint density at radius 3 is 2.71 bits per heavy atom. The third-order valence-electron chi connectivity index (χ3n) is 1.71. The molecule has 0 aromatic rings. The lowest BCUT2D eigenvalue weighted by molar-refractivity contribution is -0.138. The fourth-order valence-electron chi connectivity index (χ4n) is 0.891. The summed E-state index contributed by atoms with van der Waals surface area (Å²) in [5.74, 6) is -0.830. The topological polar surface area (TPSA) is 55.8 Å². The van der Waals surface area contributed by atoms with E-state index in [4.69, 9.17) is 14.6 Å². The summed E-state index contributed by atoms with van der Waals surface area (Å²) in [6.07, 6.45) is 2.21. The van der Waals surface area contributed by atoms with Gasteiger partial charge in [-0.25, -0.2) is 0 Å². The smallest absolute Gasteiger partial charge is 0.305 e. The molecule has 0 amide bonds. The molecule has 0 rings (SSSR count). The number of unbranched alkanes of at least 4 members (excludes halogenated alkanes) is 1. The number of carboxylic acids is 1. The maximum absolute atomic E-state index is 10.2. The number of ether oxygens (including phenoxy) is 2. The first kappa shape index (κ1) is 13.4. The number of aliphatic carboxylic acids is 1. The predicted octanol–water partition coefficient (Wildman–Crippen LogP) is 1.68. The molecule has 0 aliphatic heterocycles. The fraction of sp³-hybridized carbons (Fsp3) is 0.900. The van der Waals surface area contributed by atoms with Crippen molar-refractivity contribution in [1.82, 2.24) is 0 Å². The first-order chi connectivity index (χ1) is 6.66. The zero-order chi connectivity index (χ0) is 10.8. The lowest BCUT2D eigenvalue weighted by Gasteiger charge is -2.12. The Labute approximate surface area is 85.2 Å². The van der Waals surface area contributed by atoms with Crippen molar-refractivity contribution in [3.63, 3.8) is 0 Å². The molecule has 0 bridgehead atoms. The van der Waals surface area contributed by atoms with Gasteiger partial charge in [0, 0.05) is 6.61 Å². The van der Waals surface area contributed by atoms with Crippen LogP contribution in [0, 0.1) is 0 Å². The van der Waals surface area contributed by atoms with E-state index in [-0.39, 0.29) is 19.1 Å². The second kappa shape index (κ2) is 8.97. The summed E-state index contributed by atoms with van der Waals surface area (Å²) in [6.45, 7) is 5.54. The highest BCUT2D eigenvalue weighted by Crippen LogP contribution is 1.95. The van der Waals surface area contributed by atoms with Gasteiger partial charge >= 0.3 is 5.97 Å². The van der Waals surface area contributed by atoms with Crippen molar-refractivity contribution in [2.75, 3.05) is 19.8 Å². The van der Waals surface area contributed by atoms with Gasteiger partial charge in [0.05, 0.1) is 25.7 Å². The molecule has 0 saturated carbocycles. The van der Waals surface area contributed by atoms with Crippen molar-refractivity contribution in [3.8, 4) is 0 Å². The van der Waals surface area contributed by atoms with Crippen molar-refractivity contribution in [2.45, 2.75) is 39.2 Å². The normalized spacial score (nSPS) is 12.7. The van der Waals surface area contributed by atoms with Crippen LogP contribution in [0.5, 0.6) is 0 Å². The van der Waals surface area contributed by atoms with Gasteiger partial charge in [-0.2, -0.15) is 0 Å². The monoisotopic (exact) mass is 204 g/mol. The van der Waals surface area contributed by atoms with E-state index in [1.54, 1.807) is 0 Å². The van der Waals surface area contributed by atoms with Gasteiger partial charge < -0.3 is 14.6 Å². The first-order valence-electron chi connectivity index (χ1n) is 5.08. The van der Waals surface area contributed by atoms with E-state index in [1.165, 1.54) is 0 Å². The number of hydrogen-bond acceptors (Lipinski definition) is 3. The van der Waals surface area contributed by atoms with E-state index in [2.05, 4.69) is 6.92 Å². The van der Waals surface area contributed by atoms with Crippen LogP contribution in [-0.4, -0.2) is 37.0 Å². The standard InChI is InChI=1S/C10H20O4/c1-3-4-6-13-8-9(2)14-7-5-10(11)12/h9H,3-8H2,1-2H3,(H,11,12). The minimum absolute atomic E-state index is 0.0220.